The average molecular weight is 242 g/mol. The summed E-state index contributed by atoms with van der Waals surface area (Å²) in [6.45, 7) is 3.99. The highest BCUT2D eigenvalue weighted by molar-refractivity contribution is 6.30. The molecule has 2 rings (SSSR count). The van der Waals surface area contributed by atoms with E-state index >= 15 is 0 Å². The van der Waals surface area contributed by atoms with Crippen molar-refractivity contribution in [1.29, 1.82) is 0 Å². The van der Waals surface area contributed by atoms with Gasteiger partial charge in [0.15, 0.2) is 0 Å². The van der Waals surface area contributed by atoms with Crippen LogP contribution in [0.25, 0.3) is 0 Å². The lowest BCUT2D eigenvalue weighted by atomic mass is 10.1. The second-order valence-electron chi connectivity index (χ2n) is 4.69. The van der Waals surface area contributed by atoms with E-state index in [2.05, 4.69) is 12.2 Å². The van der Waals surface area contributed by atoms with Crippen LogP contribution in [0.3, 0.4) is 0 Å². The van der Waals surface area contributed by atoms with Crippen molar-refractivity contribution in [3.8, 4) is 0 Å². The molecule has 1 N–H and O–H groups in total. The van der Waals surface area contributed by atoms with Gasteiger partial charge in [-0.1, -0.05) is 24.6 Å². The van der Waals surface area contributed by atoms with Crippen molar-refractivity contribution in [3.05, 3.63) is 34.6 Å². The summed E-state index contributed by atoms with van der Waals surface area (Å²) in [6.07, 6.45) is 2.75. The van der Waals surface area contributed by atoms with E-state index in [0.717, 1.165) is 23.9 Å². The van der Waals surface area contributed by atoms with Gasteiger partial charge < -0.3 is 5.32 Å². The fourth-order valence-corrected chi connectivity index (χ4v) is 2.04. The molecule has 0 aromatic heterocycles. The van der Waals surface area contributed by atoms with E-state index < -0.39 is 0 Å². The molecule has 0 heterocycles. The molecule has 1 saturated carbocycles. The second kappa shape index (κ2) is 5.15. The molecule has 1 atom stereocenters. The highest BCUT2D eigenvalue weighted by Crippen LogP contribution is 2.36. The standard InChI is InChI=1S/C13H17ClFN/c1-9(11-3-4-11)7-16-8-10-2-5-12(14)13(15)6-10/h2,5-6,9,11,16H,3-4,7-8H2,1H3. The zero-order chi connectivity index (χ0) is 11.5. The van der Waals surface area contributed by atoms with Crippen LogP contribution in [0.5, 0.6) is 0 Å². The topological polar surface area (TPSA) is 12.0 Å². The summed E-state index contributed by atoms with van der Waals surface area (Å²) in [7, 11) is 0. The minimum absolute atomic E-state index is 0.190. The fraction of sp³-hybridized carbons (Fsp3) is 0.538. The molecule has 88 valence electrons. The summed E-state index contributed by atoms with van der Waals surface area (Å²) in [5, 5.41) is 3.55. The van der Waals surface area contributed by atoms with Crippen LogP contribution >= 0.6 is 11.6 Å². The normalized spacial score (nSPS) is 17.4. The number of hydrogen-bond donors (Lipinski definition) is 1. The number of hydrogen-bond acceptors (Lipinski definition) is 1. The molecule has 0 saturated heterocycles. The van der Waals surface area contributed by atoms with Crippen LogP contribution in [0.1, 0.15) is 25.3 Å². The van der Waals surface area contributed by atoms with E-state index in [1.807, 2.05) is 6.07 Å². The van der Waals surface area contributed by atoms with Crippen molar-refractivity contribution in [2.45, 2.75) is 26.3 Å². The minimum Gasteiger partial charge on any atom is -0.312 e. The highest BCUT2D eigenvalue weighted by atomic mass is 35.5. The van der Waals surface area contributed by atoms with Crippen LogP contribution in [0.2, 0.25) is 5.02 Å². The quantitative estimate of drug-likeness (QED) is 0.831. The Morgan fingerprint density at radius 1 is 1.50 bits per heavy atom. The van der Waals surface area contributed by atoms with Crippen molar-refractivity contribution < 1.29 is 4.39 Å². The van der Waals surface area contributed by atoms with Gasteiger partial charge in [0.25, 0.3) is 0 Å². The van der Waals surface area contributed by atoms with Crippen LogP contribution in [0.15, 0.2) is 18.2 Å². The Bertz CT molecular complexity index is 363. The van der Waals surface area contributed by atoms with Crippen molar-refractivity contribution in [3.63, 3.8) is 0 Å². The van der Waals surface area contributed by atoms with Gasteiger partial charge in [0, 0.05) is 6.54 Å². The first-order valence-corrected chi connectivity index (χ1v) is 6.19. The molecule has 1 aliphatic carbocycles. The van der Waals surface area contributed by atoms with Crippen molar-refractivity contribution in [2.24, 2.45) is 11.8 Å². The smallest absolute Gasteiger partial charge is 0.142 e. The van der Waals surface area contributed by atoms with Gasteiger partial charge in [-0.15, -0.1) is 0 Å². The van der Waals surface area contributed by atoms with Gasteiger partial charge in [-0.25, -0.2) is 4.39 Å². The van der Waals surface area contributed by atoms with E-state index in [1.165, 1.54) is 18.9 Å². The largest absolute Gasteiger partial charge is 0.312 e. The van der Waals surface area contributed by atoms with Crippen LogP contribution < -0.4 is 5.32 Å². The fourth-order valence-electron chi connectivity index (χ4n) is 1.93. The molecular formula is C13H17ClFN. The van der Waals surface area contributed by atoms with E-state index in [9.17, 15) is 4.39 Å². The van der Waals surface area contributed by atoms with Crippen LogP contribution in [-0.2, 0) is 6.54 Å². The third kappa shape index (κ3) is 3.19. The Morgan fingerprint density at radius 2 is 2.25 bits per heavy atom. The number of rotatable bonds is 5. The molecular weight excluding hydrogens is 225 g/mol. The molecule has 1 nitrogen and oxygen atoms in total. The monoisotopic (exact) mass is 241 g/mol. The van der Waals surface area contributed by atoms with E-state index in [1.54, 1.807) is 6.07 Å². The van der Waals surface area contributed by atoms with Crippen LogP contribution in [0, 0.1) is 17.7 Å². The van der Waals surface area contributed by atoms with Crippen molar-refractivity contribution >= 4 is 11.6 Å². The molecule has 0 bridgehead atoms. The van der Waals surface area contributed by atoms with Gasteiger partial charge in [0.1, 0.15) is 5.82 Å². The molecule has 1 unspecified atom stereocenters. The second-order valence-corrected chi connectivity index (χ2v) is 5.10. The van der Waals surface area contributed by atoms with Gasteiger partial charge >= 0.3 is 0 Å². The third-order valence-corrected chi connectivity index (χ3v) is 3.51. The van der Waals surface area contributed by atoms with E-state index in [4.69, 9.17) is 11.6 Å². The maximum Gasteiger partial charge on any atom is 0.142 e. The summed E-state index contributed by atoms with van der Waals surface area (Å²) < 4.78 is 13.1. The Labute approximate surface area is 101 Å². The molecule has 0 amide bonds. The van der Waals surface area contributed by atoms with E-state index in [0.29, 0.717) is 6.54 Å². The van der Waals surface area contributed by atoms with Crippen LogP contribution in [0.4, 0.5) is 4.39 Å². The maximum absolute atomic E-state index is 13.1. The van der Waals surface area contributed by atoms with Crippen LogP contribution in [-0.4, -0.2) is 6.54 Å². The number of nitrogens with one attached hydrogen (secondary N) is 1. The predicted octanol–water partition coefficient (Wildman–Crippen LogP) is 3.61. The predicted molar refractivity (Wildman–Crippen MR) is 65.0 cm³/mol. The first-order valence-electron chi connectivity index (χ1n) is 5.81. The molecule has 0 radical (unpaired) electrons. The average Bonchev–Trinajstić information content (AvgIpc) is 3.07. The molecule has 1 aromatic rings. The molecule has 0 aliphatic heterocycles. The summed E-state index contributed by atoms with van der Waals surface area (Å²) in [5.41, 5.74) is 0.949. The number of halogens is 2. The SMILES string of the molecule is CC(CNCc1ccc(Cl)c(F)c1)C1CC1. The first-order chi connectivity index (χ1) is 7.66. The maximum atomic E-state index is 13.1. The number of benzene rings is 1. The van der Waals surface area contributed by atoms with Gasteiger partial charge in [0.2, 0.25) is 0 Å². The molecule has 1 aromatic carbocycles. The molecule has 16 heavy (non-hydrogen) atoms. The Balaban J connectivity index is 1.78. The Kier molecular flexibility index (Phi) is 3.82. The zero-order valence-electron chi connectivity index (χ0n) is 9.47. The molecule has 1 fully saturated rings. The lowest BCUT2D eigenvalue weighted by Gasteiger charge is -2.11. The third-order valence-electron chi connectivity index (χ3n) is 3.21. The minimum atomic E-state index is -0.337. The van der Waals surface area contributed by atoms with E-state index in [-0.39, 0.29) is 10.8 Å². The summed E-state index contributed by atoms with van der Waals surface area (Å²) >= 11 is 5.62. The van der Waals surface area contributed by atoms with Gasteiger partial charge in [-0.05, 0) is 48.9 Å². The van der Waals surface area contributed by atoms with Gasteiger partial charge in [-0.2, -0.15) is 0 Å². The Morgan fingerprint density at radius 3 is 2.88 bits per heavy atom. The summed E-state index contributed by atoms with van der Waals surface area (Å²) in [4.78, 5) is 0. The lowest BCUT2D eigenvalue weighted by molar-refractivity contribution is 0.461. The zero-order valence-corrected chi connectivity index (χ0v) is 10.2. The van der Waals surface area contributed by atoms with Crippen molar-refractivity contribution in [1.82, 2.24) is 5.32 Å². The van der Waals surface area contributed by atoms with Gasteiger partial charge in [0.05, 0.1) is 5.02 Å². The highest BCUT2D eigenvalue weighted by Gasteiger charge is 2.27. The summed E-state index contributed by atoms with van der Waals surface area (Å²) in [6, 6.07) is 4.97. The molecule has 3 heteroatoms. The molecule has 1 aliphatic rings. The van der Waals surface area contributed by atoms with Crippen molar-refractivity contribution in [2.75, 3.05) is 6.54 Å². The molecule has 0 spiro atoms. The Hall–Kier alpha value is -0.600. The lowest BCUT2D eigenvalue weighted by Crippen LogP contribution is -2.21. The first kappa shape index (κ1) is 11.9. The summed E-state index contributed by atoms with van der Waals surface area (Å²) in [5.74, 6) is 1.31. The van der Waals surface area contributed by atoms with Gasteiger partial charge in [-0.3, -0.25) is 0 Å².